The molecule has 2 heterocycles. The van der Waals surface area contributed by atoms with E-state index < -0.39 is 21.7 Å². The number of halogens is 1. The fourth-order valence-corrected chi connectivity index (χ4v) is 5.51. The average Bonchev–Trinajstić information content (AvgIpc) is 3.06. The lowest BCUT2D eigenvalue weighted by atomic mass is 9.99. The van der Waals surface area contributed by atoms with Gasteiger partial charge in [-0.3, -0.25) is 9.36 Å². The van der Waals surface area contributed by atoms with Crippen LogP contribution in [0.5, 0.6) is 0 Å². The lowest BCUT2D eigenvalue weighted by molar-refractivity contribution is -0.126. The van der Waals surface area contributed by atoms with Gasteiger partial charge in [-0.2, -0.15) is 4.31 Å². The van der Waals surface area contributed by atoms with Crippen LogP contribution in [-0.4, -0.2) is 36.3 Å². The number of benzene rings is 2. The van der Waals surface area contributed by atoms with Gasteiger partial charge in [-0.1, -0.05) is 29.8 Å². The summed E-state index contributed by atoms with van der Waals surface area (Å²) in [4.78, 5) is 24.4. The number of aromatic nitrogens is 1. The van der Waals surface area contributed by atoms with Crippen molar-refractivity contribution in [3.63, 3.8) is 0 Å². The Balaban J connectivity index is 1.49. The molecular formula is C21H22ClN3O5S. The number of oxazole rings is 1. The van der Waals surface area contributed by atoms with Crippen LogP contribution in [0.4, 0.5) is 0 Å². The number of hydrogen-bond acceptors (Lipinski definition) is 5. The molecule has 1 atom stereocenters. The van der Waals surface area contributed by atoms with E-state index in [0.717, 1.165) is 5.56 Å². The first-order chi connectivity index (χ1) is 14.8. The minimum atomic E-state index is -3.84. The van der Waals surface area contributed by atoms with Crippen LogP contribution in [0.15, 0.2) is 56.6 Å². The van der Waals surface area contributed by atoms with Crippen molar-refractivity contribution in [2.75, 3.05) is 13.1 Å². The average molecular weight is 464 g/mol. The van der Waals surface area contributed by atoms with Crippen LogP contribution in [0.3, 0.4) is 0 Å². The molecule has 10 heteroatoms. The monoisotopic (exact) mass is 463 g/mol. The van der Waals surface area contributed by atoms with Crippen LogP contribution < -0.4 is 11.1 Å². The molecule has 1 amide bonds. The SMILES string of the molecule is Cn1c(=O)oc2cc(S(=O)(=O)N3CCCC(C(=O)NCc4ccccc4Cl)C3)ccc21. The lowest BCUT2D eigenvalue weighted by Crippen LogP contribution is -2.45. The summed E-state index contributed by atoms with van der Waals surface area (Å²) >= 11 is 6.13. The Hall–Kier alpha value is -2.62. The molecule has 0 bridgehead atoms. The van der Waals surface area contributed by atoms with E-state index >= 15 is 0 Å². The van der Waals surface area contributed by atoms with Gasteiger partial charge in [0, 0.05) is 37.8 Å². The summed E-state index contributed by atoms with van der Waals surface area (Å²) in [5.74, 6) is -1.22. The molecule has 31 heavy (non-hydrogen) atoms. The minimum absolute atomic E-state index is 0.0338. The largest absolute Gasteiger partial charge is 0.419 e. The number of rotatable bonds is 5. The van der Waals surface area contributed by atoms with Crippen molar-refractivity contribution in [3.05, 3.63) is 63.6 Å². The molecular weight excluding hydrogens is 442 g/mol. The third kappa shape index (κ3) is 4.26. The number of amides is 1. The van der Waals surface area contributed by atoms with Crippen molar-refractivity contribution in [2.45, 2.75) is 24.3 Å². The molecule has 1 saturated heterocycles. The third-order valence-corrected chi connectivity index (χ3v) is 7.80. The van der Waals surface area contributed by atoms with Gasteiger partial charge in [0.15, 0.2) is 5.58 Å². The van der Waals surface area contributed by atoms with Crippen molar-refractivity contribution in [3.8, 4) is 0 Å². The zero-order valence-electron chi connectivity index (χ0n) is 16.9. The van der Waals surface area contributed by atoms with Gasteiger partial charge in [0.05, 0.1) is 16.3 Å². The highest BCUT2D eigenvalue weighted by Gasteiger charge is 2.33. The number of sulfonamides is 1. The van der Waals surface area contributed by atoms with E-state index in [2.05, 4.69) is 5.32 Å². The Bertz CT molecular complexity index is 1300. The predicted octanol–water partition coefficient (Wildman–Crippen LogP) is 2.50. The number of piperidine rings is 1. The van der Waals surface area contributed by atoms with Gasteiger partial charge in [-0.15, -0.1) is 0 Å². The summed E-state index contributed by atoms with van der Waals surface area (Å²) in [5, 5.41) is 3.43. The first-order valence-corrected chi connectivity index (χ1v) is 11.7. The molecule has 2 aromatic carbocycles. The Kier molecular flexibility index (Phi) is 5.92. The molecule has 1 aliphatic rings. The molecule has 1 N–H and O–H groups in total. The molecule has 1 unspecified atom stereocenters. The lowest BCUT2D eigenvalue weighted by Gasteiger charge is -2.31. The van der Waals surface area contributed by atoms with Gasteiger partial charge < -0.3 is 9.73 Å². The molecule has 8 nitrogen and oxygen atoms in total. The zero-order chi connectivity index (χ0) is 22.2. The summed E-state index contributed by atoms with van der Waals surface area (Å²) < 4.78 is 34.1. The molecule has 0 spiro atoms. The molecule has 1 aromatic heterocycles. The van der Waals surface area contributed by atoms with Gasteiger partial charge in [-0.25, -0.2) is 13.2 Å². The van der Waals surface area contributed by atoms with Crippen LogP contribution in [-0.2, 0) is 28.4 Å². The molecule has 0 saturated carbocycles. The molecule has 0 aliphatic carbocycles. The fourth-order valence-electron chi connectivity index (χ4n) is 3.77. The number of nitrogens with one attached hydrogen (secondary N) is 1. The number of fused-ring (bicyclic) bond motifs is 1. The van der Waals surface area contributed by atoms with E-state index in [4.69, 9.17) is 16.0 Å². The molecule has 1 aliphatic heterocycles. The number of carbonyl (C=O) groups excluding carboxylic acids is 1. The van der Waals surface area contributed by atoms with Crippen LogP contribution in [0, 0.1) is 5.92 Å². The van der Waals surface area contributed by atoms with Gasteiger partial charge in [0.25, 0.3) is 0 Å². The maximum absolute atomic E-state index is 13.2. The highest BCUT2D eigenvalue weighted by molar-refractivity contribution is 7.89. The van der Waals surface area contributed by atoms with E-state index in [1.54, 1.807) is 19.2 Å². The molecule has 0 radical (unpaired) electrons. The number of nitrogens with zero attached hydrogens (tertiary/aromatic N) is 2. The Morgan fingerprint density at radius 1 is 1.26 bits per heavy atom. The summed E-state index contributed by atoms with van der Waals surface area (Å²) in [6.07, 6.45) is 1.18. The highest BCUT2D eigenvalue weighted by atomic mass is 35.5. The van der Waals surface area contributed by atoms with Crippen molar-refractivity contribution in [2.24, 2.45) is 13.0 Å². The molecule has 4 rings (SSSR count). The first-order valence-electron chi connectivity index (χ1n) is 9.88. The summed E-state index contributed by atoms with van der Waals surface area (Å²) in [7, 11) is -2.28. The zero-order valence-corrected chi connectivity index (χ0v) is 18.4. The van der Waals surface area contributed by atoms with Gasteiger partial charge in [-0.05, 0) is 36.6 Å². The predicted molar refractivity (Wildman–Crippen MR) is 116 cm³/mol. The van der Waals surface area contributed by atoms with Gasteiger partial charge >= 0.3 is 5.76 Å². The van der Waals surface area contributed by atoms with Crippen molar-refractivity contribution in [1.82, 2.24) is 14.2 Å². The minimum Gasteiger partial charge on any atom is -0.408 e. The van der Waals surface area contributed by atoms with Crippen LogP contribution in [0.2, 0.25) is 5.02 Å². The number of hydrogen-bond donors (Lipinski definition) is 1. The van der Waals surface area contributed by atoms with E-state index in [9.17, 15) is 18.0 Å². The maximum atomic E-state index is 13.2. The van der Waals surface area contributed by atoms with Crippen LogP contribution >= 0.6 is 11.6 Å². The van der Waals surface area contributed by atoms with Crippen molar-refractivity contribution < 1.29 is 17.6 Å². The van der Waals surface area contributed by atoms with E-state index in [-0.39, 0.29) is 29.5 Å². The van der Waals surface area contributed by atoms with E-state index in [0.29, 0.717) is 29.9 Å². The topological polar surface area (TPSA) is 102 Å². The maximum Gasteiger partial charge on any atom is 0.419 e. The van der Waals surface area contributed by atoms with E-state index in [1.165, 1.54) is 21.0 Å². The second-order valence-electron chi connectivity index (χ2n) is 7.57. The summed E-state index contributed by atoms with van der Waals surface area (Å²) in [6, 6.07) is 11.6. The Labute approximate surface area is 184 Å². The fraction of sp³-hybridized carbons (Fsp3) is 0.333. The van der Waals surface area contributed by atoms with Crippen LogP contribution in [0.25, 0.3) is 11.1 Å². The molecule has 3 aromatic rings. The Morgan fingerprint density at radius 2 is 2.03 bits per heavy atom. The smallest absolute Gasteiger partial charge is 0.408 e. The van der Waals surface area contributed by atoms with Crippen molar-refractivity contribution in [1.29, 1.82) is 0 Å². The summed E-state index contributed by atoms with van der Waals surface area (Å²) in [6.45, 7) is 0.701. The second-order valence-corrected chi connectivity index (χ2v) is 9.91. The number of carbonyl (C=O) groups is 1. The standard InChI is InChI=1S/C21H22ClN3O5S/c1-24-18-9-8-16(11-19(18)30-21(24)27)31(28,29)25-10-4-6-15(13-25)20(26)23-12-14-5-2-3-7-17(14)22/h2-3,5,7-9,11,15H,4,6,10,12-13H2,1H3,(H,23,26). The first kappa shape index (κ1) is 21.6. The number of aryl methyl sites for hydroxylation is 1. The van der Waals surface area contributed by atoms with Gasteiger partial charge in [0.1, 0.15) is 0 Å². The Morgan fingerprint density at radius 3 is 2.81 bits per heavy atom. The highest BCUT2D eigenvalue weighted by Crippen LogP contribution is 2.26. The normalized spacial score (nSPS) is 17.7. The summed E-state index contributed by atoms with van der Waals surface area (Å²) in [5.41, 5.74) is 1.52. The van der Waals surface area contributed by atoms with Crippen molar-refractivity contribution >= 4 is 38.6 Å². The molecule has 164 valence electrons. The van der Waals surface area contributed by atoms with Crippen LogP contribution in [0.1, 0.15) is 18.4 Å². The van der Waals surface area contributed by atoms with Gasteiger partial charge in [0.2, 0.25) is 15.9 Å². The van der Waals surface area contributed by atoms with E-state index in [1.807, 2.05) is 18.2 Å². The quantitative estimate of drug-likeness (QED) is 0.626. The second kappa shape index (κ2) is 8.49. The third-order valence-electron chi connectivity index (χ3n) is 5.57. The molecule has 1 fully saturated rings.